The van der Waals surface area contributed by atoms with Crippen molar-refractivity contribution in [2.24, 2.45) is 0 Å². The molecular formula is C11H10F3NO. The molecule has 86 valence electrons. The molecule has 5 heteroatoms. The van der Waals surface area contributed by atoms with Gasteiger partial charge in [-0.1, -0.05) is 12.1 Å². The van der Waals surface area contributed by atoms with Gasteiger partial charge in [0.1, 0.15) is 0 Å². The van der Waals surface area contributed by atoms with Gasteiger partial charge in [0.2, 0.25) is 0 Å². The van der Waals surface area contributed by atoms with E-state index in [0.717, 1.165) is 11.8 Å². The van der Waals surface area contributed by atoms with Crippen LogP contribution < -0.4 is 5.32 Å². The van der Waals surface area contributed by atoms with E-state index in [4.69, 9.17) is 0 Å². The summed E-state index contributed by atoms with van der Waals surface area (Å²) in [6, 6.07) is 7.06. The van der Waals surface area contributed by atoms with Crippen LogP contribution in [0.2, 0.25) is 0 Å². The van der Waals surface area contributed by atoms with Crippen LogP contribution in [0.1, 0.15) is 5.56 Å². The van der Waals surface area contributed by atoms with E-state index in [1.165, 1.54) is 0 Å². The Kier molecular flexibility index (Phi) is 3.71. The summed E-state index contributed by atoms with van der Waals surface area (Å²) >= 11 is 0. The average molecular weight is 229 g/mol. The molecule has 2 nitrogen and oxygen atoms in total. The molecule has 1 aromatic carbocycles. The number of aryl methyl sites for hydroxylation is 1. The van der Waals surface area contributed by atoms with Crippen LogP contribution in [0.15, 0.2) is 36.5 Å². The highest BCUT2D eigenvalue weighted by Crippen LogP contribution is 2.16. The Hall–Kier alpha value is -1.78. The first kappa shape index (κ1) is 12.3. The molecule has 0 bridgehead atoms. The summed E-state index contributed by atoms with van der Waals surface area (Å²) in [5.74, 6) is -1.88. The van der Waals surface area contributed by atoms with Gasteiger partial charge in [-0.25, -0.2) is 0 Å². The minimum absolute atomic E-state index is 0.461. The molecule has 0 aliphatic rings. The summed E-state index contributed by atoms with van der Waals surface area (Å²) in [6.45, 7) is 1.86. The second-order valence-corrected chi connectivity index (χ2v) is 3.21. The van der Waals surface area contributed by atoms with Crippen molar-refractivity contribution in [3.63, 3.8) is 0 Å². The summed E-state index contributed by atoms with van der Waals surface area (Å²) < 4.78 is 35.4. The van der Waals surface area contributed by atoms with Gasteiger partial charge in [0.05, 0.1) is 0 Å². The maximum atomic E-state index is 11.8. The third-order valence-electron chi connectivity index (χ3n) is 1.78. The number of ketones is 1. The number of allylic oxidation sites excluding steroid dienone is 1. The van der Waals surface area contributed by atoms with Crippen LogP contribution in [-0.2, 0) is 4.79 Å². The van der Waals surface area contributed by atoms with Crippen molar-refractivity contribution >= 4 is 11.5 Å². The van der Waals surface area contributed by atoms with E-state index in [1.807, 2.05) is 13.0 Å². The Morgan fingerprint density at radius 3 is 2.62 bits per heavy atom. The van der Waals surface area contributed by atoms with Gasteiger partial charge in [-0.05, 0) is 24.6 Å². The Labute approximate surface area is 90.8 Å². The van der Waals surface area contributed by atoms with Crippen LogP contribution in [0, 0.1) is 6.92 Å². The van der Waals surface area contributed by atoms with Gasteiger partial charge in [0.25, 0.3) is 5.78 Å². The molecule has 0 atom stereocenters. The van der Waals surface area contributed by atoms with E-state index >= 15 is 0 Å². The summed E-state index contributed by atoms with van der Waals surface area (Å²) in [6.07, 6.45) is -3.38. The number of carbonyl (C=O) groups is 1. The highest BCUT2D eigenvalue weighted by molar-refractivity contribution is 5.94. The number of benzene rings is 1. The molecule has 1 aromatic rings. The Morgan fingerprint density at radius 2 is 2.06 bits per heavy atom. The van der Waals surface area contributed by atoms with E-state index in [2.05, 4.69) is 5.32 Å². The maximum Gasteiger partial charge on any atom is 0.454 e. The van der Waals surface area contributed by atoms with Gasteiger partial charge in [0.15, 0.2) is 0 Å². The van der Waals surface area contributed by atoms with E-state index in [0.29, 0.717) is 11.8 Å². The van der Waals surface area contributed by atoms with Crippen molar-refractivity contribution < 1.29 is 18.0 Å². The standard InChI is InChI=1S/C11H10F3NO/c1-8-3-2-4-9(7-8)15-6-5-10(16)11(12,13)14/h2-7,15H,1H3/b6-5+. The van der Waals surface area contributed by atoms with Crippen LogP contribution in [0.4, 0.5) is 18.9 Å². The highest BCUT2D eigenvalue weighted by atomic mass is 19.4. The van der Waals surface area contributed by atoms with Gasteiger partial charge in [-0.2, -0.15) is 13.2 Å². The van der Waals surface area contributed by atoms with E-state index in [9.17, 15) is 18.0 Å². The van der Waals surface area contributed by atoms with E-state index in [-0.39, 0.29) is 0 Å². The first-order valence-electron chi connectivity index (χ1n) is 4.50. The molecule has 0 unspecified atom stereocenters. The van der Waals surface area contributed by atoms with Crippen LogP contribution in [0.5, 0.6) is 0 Å². The zero-order chi connectivity index (χ0) is 12.2. The highest BCUT2D eigenvalue weighted by Gasteiger charge is 2.35. The zero-order valence-electron chi connectivity index (χ0n) is 8.51. The van der Waals surface area contributed by atoms with Crippen LogP contribution in [-0.4, -0.2) is 12.0 Å². The van der Waals surface area contributed by atoms with Gasteiger partial charge in [0, 0.05) is 18.0 Å². The first-order valence-corrected chi connectivity index (χ1v) is 4.50. The predicted octanol–water partition coefficient (Wildman–Crippen LogP) is 3.05. The third-order valence-corrected chi connectivity index (χ3v) is 1.78. The number of rotatable bonds is 3. The molecular weight excluding hydrogens is 219 g/mol. The van der Waals surface area contributed by atoms with Crippen molar-refractivity contribution in [1.82, 2.24) is 0 Å². The van der Waals surface area contributed by atoms with Gasteiger partial charge in [-0.15, -0.1) is 0 Å². The molecule has 1 rings (SSSR count). The molecule has 1 N–H and O–H groups in total. The third kappa shape index (κ3) is 3.76. The Balaban J connectivity index is 2.59. The quantitative estimate of drug-likeness (QED) is 0.807. The lowest BCUT2D eigenvalue weighted by atomic mass is 10.2. The first-order chi connectivity index (χ1) is 7.39. The smallest absolute Gasteiger partial charge is 0.362 e. The summed E-state index contributed by atoms with van der Waals surface area (Å²) in [5, 5.41) is 2.59. The van der Waals surface area contributed by atoms with E-state index in [1.54, 1.807) is 18.2 Å². The lowest BCUT2D eigenvalue weighted by Crippen LogP contribution is -2.20. The minimum atomic E-state index is -4.81. The number of alkyl halides is 3. The Bertz CT molecular complexity index is 410. The van der Waals surface area contributed by atoms with Gasteiger partial charge >= 0.3 is 6.18 Å². The molecule has 16 heavy (non-hydrogen) atoms. The van der Waals surface area contributed by atoms with Crippen molar-refractivity contribution in [2.75, 3.05) is 5.32 Å². The second-order valence-electron chi connectivity index (χ2n) is 3.21. The number of halogens is 3. The molecule has 0 spiro atoms. The van der Waals surface area contributed by atoms with E-state index < -0.39 is 12.0 Å². The van der Waals surface area contributed by atoms with Crippen molar-refractivity contribution in [3.8, 4) is 0 Å². The molecule has 0 radical (unpaired) electrons. The number of anilines is 1. The summed E-state index contributed by atoms with van der Waals surface area (Å²) in [7, 11) is 0. The second kappa shape index (κ2) is 4.83. The largest absolute Gasteiger partial charge is 0.454 e. The molecule has 0 heterocycles. The van der Waals surface area contributed by atoms with Crippen LogP contribution in [0.3, 0.4) is 0 Å². The van der Waals surface area contributed by atoms with Crippen molar-refractivity contribution in [3.05, 3.63) is 42.1 Å². The van der Waals surface area contributed by atoms with Gasteiger partial charge < -0.3 is 5.32 Å². The SMILES string of the molecule is Cc1cccc(N/C=C/C(=O)C(F)(F)F)c1. The lowest BCUT2D eigenvalue weighted by molar-refractivity contribution is -0.165. The molecule has 0 amide bonds. The minimum Gasteiger partial charge on any atom is -0.362 e. The van der Waals surface area contributed by atoms with Crippen molar-refractivity contribution in [1.29, 1.82) is 0 Å². The lowest BCUT2D eigenvalue weighted by Gasteiger charge is -2.02. The summed E-state index contributed by atoms with van der Waals surface area (Å²) in [5.41, 5.74) is 1.60. The fourth-order valence-electron chi connectivity index (χ4n) is 1.04. The number of nitrogens with one attached hydrogen (secondary N) is 1. The van der Waals surface area contributed by atoms with Gasteiger partial charge in [-0.3, -0.25) is 4.79 Å². The molecule has 0 aliphatic carbocycles. The molecule has 0 saturated heterocycles. The average Bonchev–Trinajstić information content (AvgIpc) is 2.16. The molecule has 0 aliphatic heterocycles. The van der Waals surface area contributed by atoms with Crippen LogP contribution in [0.25, 0.3) is 0 Å². The zero-order valence-corrected chi connectivity index (χ0v) is 8.51. The number of carbonyl (C=O) groups excluding carboxylic acids is 1. The van der Waals surface area contributed by atoms with Crippen molar-refractivity contribution in [2.45, 2.75) is 13.1 Å². The fourth-order valence-corrected chi connectivity index (χ4v) is 1.04. The number of hydrogen-bond donors (Lipinski definition) is 1. The topological polar surface area (TPSA) is 29.1 Å². The maximum absolute atomic E-state index is 11.8. The predicted molar refractivity (Wildman–Crippen MR) is 55.0 cm³/mol. The normalized spacial score (nSPS) is 11.8. The molecule has 0 fully saturated rings. The molecule has 0 aromatic heterocycles. The number of hydrogen-bond acceptors (Lipinski definition) is 2. The monoisotopic (exact) mass is 229 g/mol. The fraction of sp³-hybridized carbons (Fsp3) is 0.182. The summed E-state index contributed by atoms with van der Waals surface area (Å²) in [4.78, 5) is 10.5. The van der Waals surface area contributed by atoms with Crippen LogP contribution >= 0.6 is 0 Å². The Morgan fingerprint density at radius 1 is 1.38 bits per heavy atom. The molecule has 0 saturated carbocycles.